The molecule has 0 saturated carbocycles. The van der Waals surface area contributed by atoms with E-state index < -0.39 is 0 Å². The maximum Gasteiger partial charge on any atom is 0.160 e. The first kappa shape index (κ1) is 5.96. The topological polar surface area (TPSA) is 91.0 Å². The number of anilines is 2. The van der Waals surface area contributed by atoms with E-state index in [-0.39, 0.29) is 0 Å². The van der Waals surface area contributed by atoms with Gasteiger partial charge in [0.1, 0.15) is 0 Å². The second kappa shape index (κ2) is 1.85. The van der Waals surface area contributed by atoms with Crippen molar-refractivity contribution in [2.75, 3.05) is 11.5 Å². The summed E-state index contributed by atoms with van der Waals surface area (Å²) in [5, 5.41) is 7.18. The average Bonchev–Trinajstić information content (AvgIpc) is 2.45. The first-order valence-corrected chi connectivity index (χ1v) is 3.05. The van der Waals surface area contributed by atoms with Crippen LogP contribution in [0.5, 0.6) is 0 Å². The summed E-state index contributed by atoms with van der Waals surface area (Å²) in [6.45, 7) is 0. The fraction of sp³-hybridized carbons (Fsp3) is 0. The Hall–Kier alpha value is -1.78. The molecule has 11 heavy (non-hydrogen) atoms. The van der Waals surface area contributed by atoms with Gasteiger partial charge in [-0.25, -0.2) is 4.63 Å². The molecule has 0 aliphatic heterocycles. The van der Waals surface area contributed by atoms with E-state index in [0.717, 1.165) is 0 Å². The molecule has 1 heterocycles. The second-order valence-electron chi connectivity index (χ2n) is 2.21. The highest BCUT2D eigenvalue weighted by molar-refractivity contribution is 5.93. The molecule has 0 saturated heterocycles. The zero-order valence-electron chi connectivity index (χ0n) is 5.61. The molecule has 0 aliphatic carbocycles. The van der Waals surface area contributed by atoms with Gasteiger partial charge in [-0.2, -0.15) is 0 Å². The van der Waals surface area contributed by atoms with Gasteiger partial charge >= 0.3 is 0 Å². The summed E-state index contributed by atoms with van der Waals surface area (Å²) < 4.78 is 4.47. The Morgan fingerprint density at radius 2 is 1.45 bits per heavy atom. The van der Waals surface area contributed by atoms with Crippen LogP contribution < -0.4 is 11.5 Å². The summed E-state index contributed by atoms with van der Waals surface area (Å²) in [6, 6.07) is 3.34. The molecule has 5 heteroatoms. The number of aromatic nitrogens is 2. The molecule has 0 fully saturated rings. The Kier molecular flexibility index (Phi) is 1.00. The van der Waals surface area contributed by atoms with E-state index in [4.69, 9.17) is 11.5 Å². The summed E-state index contributed by atoms with van der Waals surface area (Å²) in [5.74, 6) is 0. The molecule has 0 atom stereocenters. The molecule has 0 radical (unpaired) electrons. The Labute approximate surface area is 61.9 Å². The lowest BCUT2D eigenvalue weighted by Crippen LogP contribution is -1.90. The molecule has 0 aliphatic rings. The molecule has 1 aromatic carbocycles. The molecule has 4 N–H and O–H groups in total. The summed E-state index contributed by atoms with van der Waals surface area (Å²) in [6.07, 6.45) is 0. The van der Waals surface area contributed by atoms with Crippen LogP contribution in [0.2, 0.25) is 0 Å². The largest absolute Gasteiger partial charge is 0.397 e. The highest BCUT2D eigenvalue weighted by Gasteiger charge is 2.06. The lowest BCUT2D eigenvalue weighted by molar-refractivity contribution is 0.316. The number of hydrogen-bond acceptors (Lipinski definition) is 5. The molecule has 2 aromatic rings. The second-order valence-corrected chi connectivity index (χ2v) is 2.21. The maximum atomic E-state index is 5.55. The van der Waals surface area contributed by atoms with E-state index in [1.807, 2.05) is 0 Å². The third-order valence-corrected chi connectivity index (χ3v) is 1.48. The highest BCUT2D eigenvalue weighted by Crippen LogP contribution is 2.21. The smallest absolute Gasteiger partial charge is 0.160 e. The minimum absolute atomic E-state index is 0.519. The van der Waals surface area contributed by atoms with Crippen molar-refractivity contribution in [3.63, 3.8) is 0 Å². The Balaban J connectivity index is 2.96. The van der Waals surface area contributed by atoms with E-state index in [0.29, 0.717) is 22.4 Å². The third-order valence-electron chi connectivity index (χ3n) is 1.48. The van der Waals surface area contributed by atoms with Crippen molar-refractivity contribution in [3.8, 4) is 0 Å². The molecular formula is C6H6N4O. The predicted molar refractivity (Wildman–Crippen MR) is 40.6 cm³/mol. The first-order valence-electron chi connectivity index (χ1n) is 3.05. The van der Waals surface area contributed by atoms with E-state index in [1.54, 1.807) is 12.1 Å². The lowest BCUT2D eigenvalue weighted by Gasteiger charge is -1.93. The van der Waals surface area contributed by atoms with Gasteiger partial charge in [-0.1, -0.05) is 0 Å². The van der Waals surface area contributed by atoms with Crippen molar-refractivity contribution in [1.29, 1.82) is 0 Å². The summed E-state index contributed by atoms with van der Waals surface area (Å²) in [5.41, 5.74) is 13.2. The minimum atomic E-state index is 0.519. The Bertz CT molecular complexity index is 358. The van der Waals surface area contributed by atoms with Gasteiger partial charge in [0.25, 0.3) is 0 Å². The number of nitrogens with two attached hydrogens (primary N) is 2. The molecule has 0 bridgehead atoms. The standard InChI is InChI=1S/C6H6N4O/c7-3-1-2-4(8)6-5(3)9-11-10-6/h1-2H,7-8H2. The van der Waals surface area contributed by atoms with Gasteiger partial charge in [-0.3, -0.25) is 0 Å². The zero-order chi connectivity index (χ0) is 7.84. The van der Waals surface area contributed by atoms with E-state index >= 15 is 0 Å². The monoisotopic (exact) mass is 150 g/mol. The van der Waals surface area contributed by atoms with Crippen LogP contribution in [0, 0.1) is 0 Å². The molecular weight excluding hydrogens is 144 g/mol. The van der Waals surface area contributed by atoms with Gasteiger partial charge in [0, 0.05) is 0 Å². The van der Waals surface area contributed by atoms with E-state index in [1.165, 1.54) is 0 Å². The molecule has 5 nitrogen and oxygen atoms in total. The van der Waals surface area contributed by atoms with Gasteiger partial charge in [0.15, 0.2) is 11.0 Å². The first-order chi connectivity index (χ1) is 5.29. The number of benzene rings is 1. The van der Waals surface area contributed by atoms with Crippen LogP contribution in [-0.4, -0.2) is 10.3 Å². The van der Waals surface area contributed by atoms with Crippen LogP contribution in [0.25, 0.3) is 11.0 Å². The van der Waals surface area contributed by atoms with Gasteiger partial charge in [-0.05, 0) is 22.4 Å². The number of hydrogen-bond donors (Lipinski definition) is 2. The Morgan fingerprint density at radius 3 is 1.91 bits per heavy atom. The van der Waals surface area contributed by atoms with Gasteiger partial charge in [-0.15, -0.1) is 0 Å². The molecule has 1 aromatic heterocycles. The Morgan fingerprint density at radius 1 is 1.00 bits per heavy atom. The van der Waals surface area contributed by atoms with Crippen LogP contribution in [0.15, 0.2) is 16.8 Å². The zero-order valence-corrected chi connectivity index (χ0v) is 5.61. The van der Waals surface area contributed by atoms with Crippen LogP contribution in [0.1, 0.15) is 0 Å². The van der Waals surface area contributed by atoms with Crippen molar-refractivity contribution >= 4 is 22.4 Å². The molecule has 0 spiro atoms. The lowest BCUT2D eigenvalue weighted by atomic mass is 10.2. The molecule has 0 unspecified atom stereocenters. The predicted octanol–water partition coefficient (Wildman–Crippen LogP) is 0.387. The summed E-state index contributed by atoms with van der Waals surface area (Å²) >= 11 is 0. The van der Waals surface area contributed by atoms with Gasteiger partial charge in [0.2, 0.25) is 0 Å². The fourth-order valence-corrected chi connectivity index (χ4v) is 0.905. The highest BCUT2D eigenvalue weighted by atomic mass is 16.6. The minimum Gasteiger partial charge on any atom is -0.397 e. The van der Waals surface area contributed by atoms with Crippen LogP contribution in [0.3, 0.4) is 0 Å². The fourth-order valence-electron chi connectivity index (χ4n) is 0.905. The van der Waals surface area contributed by atoms with Crippen molar-refractivity contribution in [3.05, 3.63) is 12.1 Å². The quantitative estimate of drug-likeness (QED) is 0.530. The van der Waals surface area contributed by atoms with Crippen LogP contribution >= 0.6 is 0 Å². The van der Waals surface area contributed by atoms with Crippen molar-refractivity contribution < 1.29 is 4.63 Å². The van der Waals surface area contributed by atoms with Gasteiger partial charge in [0.05, 0.1) is 11.4 Å². The van der Waals surface area contributed by atoms with Crippen LogP contribution in [-0.2, 0) is 0 Å². The average molecular weight is 150 g/mol. The number of fused-ring (bicyclic) bond motifs is 1. The number of rotatable bonds is 0. The van der Waals surface area contributed by atoms with E-state index in [9.17, 15) is 0 Å². The SMILES string of the molecule is Nc1ccc(N)c2nonc12. The van der Waals surface area contributed by atoms with E-state index in [2.05, 4.69) is 14.9 Å². The van der Waals surface area contributed by atoms with Crippen molar-refractivity contribution in [2.24, 2.45) is 0 Å². The molecule has 2 rings (SSSR count). The molecule has 0 amide bonds. The number of nitrogen functional groups attached to an aromatic ring is 2. The van der Waals surface area contributed by atoms with Crippen LogP contribution in [0.4, 0.5) is 11.4 Å². The maximum absolute atomic E-state index is 5.55. The van der Waals surface area contributed by atoms with Gasteiger partial charge < -0.3 is 11.5 Å². The van der Waals surface area contributed by atoms with Crippen molar-refractivity contribution in [1.82, 2.24) is 10.3 Å². The molecule has 56 valence electrons. The number of nitrogens with zero attached hydrogens (tertiary/aromatic N) is 2. The third kappa shape index (κ3) is 0.706. The summed E-state index contributed by atoms with van der Waals surface area (Å²) in [7, 11) is 0. The summed E-state index contributed by atoms with van der Waals surface area (Å²) in [4.78, 5) is 0. The van der Waals surface area contributed by atoms with Crippen molar-refractivity contribution in [2.45, 2.75) is 0 Å². The normalized spacial score (nSPS) is 10.5.